The molecule has 1 heterocycles. The Balaban J connectivity index is 2.37. The molecule has 8 heteroatoms. The third kappa shape index (κ3) is 6.23. The largest absolute Gasteiger partial charge is 0.390 e. The summed E-state index contributed by atoms with van der Waals surface area (Å²) >= 11 is 1.52. The van der Waals surface area contributed by atoms with E-state index in [1.807, 2.05) is 5.38 Å². The summed E-state index contributed by atoms with van der Waals surface area (Å²) in [7, 11) is 1.52. The van der Waals surface area contributed by atoms with Crippen LogP contribution >= 0.6 is 11.3 Å². The van der Waals surface area contributed by atoms with E-state index < -0.39 is 12.6 Å². The predicted octanol–water partition coefficient (Wildman–Crippen LogP) is 2.88. The predicted molar refractivity (Wildman–Crippen MR) is 75.1 cm³/mol. The number of alkyl halides is 3. The van der Waals surface area contributed by atoms with Gasteiger partial charge in [-0.2, -0.15) is 13.2 Å². The lowest BCUT2D eigenvalue weighted by atomic mass is 10.2. The molecule has 0 aliphatic heterocycles. The molecule has 0 bridgehead atoms. The van der Waals surface area contributed by atoms with Crippen molar-refractivity contribution in [2.45, 2.75) is 38.9 Å². The van der Waals surface area contributed by atoms with Crippen molar-refractivity contribution in [3.63, 3.8) is 0 Å². The number of halogens is 3. The van der Waals surface area contributed by atoms with Gasteiger partial charge in [0.25, 0.3) is 0 Å². The topological polar surface area (TPSA) is 49.3 Å². The lowest BCUT2D eigenvalue weighted by Gasteiger charge is -2.12. The fourth-order valence-electron chi connectivity index (χ4n) is 1.37. The number of aromatic nitrogens is 1. The van der Waals surface area contributed by atoms with Crippen molar-refractivity contribution in [2.75, 3.05) is 13.6 Å². The fraction of sp³-hybridized carbons (Fsp3) is 0.667. The van der Waals surface area contributed by atoms with Crippen molar-refractivity contribution in [1.29, 1.82) is 0 Å². The zero-order valence-corrected chi connectivity index (χ0v) is 12.5. The molecular weight excluding hydrogens is 289 g/mol. The first-order chi connectivity index (χ1) is 9.31. The van der Waals surface area contributed by atoms with Gasteiger partial charge in [0, 0.05) is 19.0 Å². The average Bonchev–Trinajstić information content (AvgIpc) is 2.81. The van der Waals surface area contributed by atoms with E-state index in [0.717, 1.165) is 10.7 Å². The van der Waals surface area contributed by atoms with Crippen molar-refractivity contribution in [3.05, 3.63) is 16.1 Å². The first-order valence-corrected chi connectivity index (χ1v) is 7.15. The van der Waals surface area contributed by atoms with Crippen molar-refractivity contribution in [1.82, 2.24) is 15.6 Å². The number of thiazole rings is 1. The number of hydrogen-bond acceptors (Lipinski definition) is 3. The van der Waals surface area contributed by atoms with Crippen LogP contribution in [0.1, 0.15) is 36.9 Å². The van der Waals surface area contributed by atoms with Crippen LogP contribution in [-0.2, 0) is 6.54 Å². The molecule has 1 aromatic heterocycles. The molecule has 0 aliphatic carbocycles. The van der Waals surface area contributed by atoms with Gasteiger partial charge in [0.2, 0.25) is 0 Å². The summed E-state index contributed by atoms with van der Waals surface area (Å²) < 4.78 is 36.1. The molecule has 2 N–H and O–H groups in total. The summed E-state index contributed by atoms with van der Waals surface area (Å²) in [5.41, 5.74) is 1.02. The van der Waals surface area contributed by atoms with Crippen molar-refractivity contribution in [3.8, 4) is 0 Å². The van der Waals surface area contributed by atoms with Gasteiger partial charge in [-0.1, -0.05) is 13.8 Å². The van der Waals surface area contributed by atoms with Crippen molar-refractivity contribution < 1.29 is 13.2 Å². The van der Waals surface area contributed by atoms with E-state index in [2.05, 4.69) is 34.5 Å². The highest BCUT2D eigenvalue weighted by molar-refractivity contribution is 7.09. The first kappa shape index (κ1) is 16.7. The van der Waals surface area contributed by atoms with Gasteiger partial charge in [0.05, 0.1) is 18.7 Å². The monoisotopic (exact) mass is 308 g/mol. The molecule has 0 aliphatic rings. The zero-order chi connectivity index (χ0) is 15.2. The fourth-order valence-corrected chi connectivity index (χ4v) is 2.27. The number of hydrogen-bond donors (Lipinski definition) is 2. The molecule has 0 amide bonds. The SMILES string of the molecule is CN=C(NCCC(F)(F)F)NCc1nc(C(C)C)cs1. The molecular formula is C12H19F3N4S. The van der Waals surface area contributed by atoms with Crippen LogP contribution in [-0.4, -0.2) is 30.7 Å². The summed E-state index contributed by atoms with van der Waals surface area (Å²) in [5.74, 6) is 0.708. The summed E-state index contributed by atoms with van der Waals surface area (Å²) in [6, 6.07) is 0. The van der Waals surface area contributed by atoms with E-state index >= 15 is 0 Å². The molecule has 0 spiro atoms. The lowest BCUT2D eigenvalue weighted by Crippen LogP contribution is -2.38. The van der Waals surface area contributed by atoms with Crippen LogP contribution in [0.4, 0.5) is 13.2 Å². The maximum atomic E-state index is 12.0. The molecule has 4 nitrogen and oxygen atoms in total. The van der Waals surface area contributed by atoms with Gasteiger partial charge in [-0.25, -0.2) is 4.98 Å². The minimum atomic E-state index is -4.16. The Hall–Kier alpha value is -1.31. The zero-order valence-electron chi connectivity index (χ0n) is 11.7. The quantitative estimate of drug-likeness (QED) is 0.649. The molecule has 0 atom stereocenters. The molecule has 0 saturated heterocycles. The molecule has 20 heavy (non-hydrogen) atoms. The second-order valence-electron chi connectivity index (χ2n) is 4.54. The van der Waals surface area contributed by atoms with Crippen LogP contribution in [0.3, 0.4) is 0 Å². The van der Waals surface area contributed by atoms with E-state index in [1.54, 1.807) is 0 Å². The number of nitrogens with one attached hydrogen (secondary N) is 2. The molecule has 114 valence electrons. The molecule has 1 aromatic rings. The Kier molecular flexibility index (Phi) is 6.25. The van der Waals surface area contributed by atoms with Crippen LogP contribution in [0.15, 0.2) is 10.4 Å². The molecule has 0 fully saturated rings. The Morgan fingerprint density at radius 2 is 2.10 bits per heavy atom. The molecule has 0 radical (unpaired) electrons. The van der Waals surface area contributed by atoms with Gasteiger partial charge >= 0.3 is 6.18 Å². The second kappa shape index (κ2) is 7.47. The van der Waals surface area contributed by atoms with Gasteiger partial charge in [0.15, 0.2) is 5.96 Å². The lowest BCUT2D eigenvalue weighted by molar-refractivity contribution is -0.132. The highest BCUT2D eigenvalue weighted by Crippen LogP contribution is 2.18. The summed E-state index contributed by atoms with van der Waals surface area (Å²) in [4.78, 5) is 8.30. The number of aliphatic imine (C=N–C) groups is 1. The van der Waals surface area contributed by atoms with E-state index in [0.29, 0.717) is 18.4 Å². The standard InChI is InChI=1S/C12H19F3N4S/c1-8(2)9-7-20-10(19-9)6-18-11(16-3)17-5-4-12(13,14)15/h7-8H,4-6H2,1-3H3,(H2,16,17,18). The highest BCUT2D eigenvalue weighted by atomic mass is 32.1. The van der Waals surface area contributed by atoms with Crippen LogP contribution in [0.5, 0.6) is 0 Å². The number of rotatable bonds is 5. The molecule has 0 unspecified atom stereocenters. The van der Waals surface area contributed by atoms with Crippen LogP contribution in [0.2, 0.25) is 0 Å². The minimum absolute atomic E-state index is 0.196. The smallest absolute Gasteiger partial charge is 0.356 e. The minimum Gasteiger partial charge on any atom is -0.356 e. The number of nitrogens with zero attached hydrogens (tertiary/aromatic N) is 2. The van der Waals surface area contributed by atoms with Gasteiger partial charge < -0.3 is 10.6 Å². The Morgan fingerprint density at radius 3 is 2.60 bits per heavy atom. The molecule has 0 aromatic carbocycles. The summed E-state index contributed by atoms with van der Waals surface area (Å²) in [6.07, 6.45) is -5.05. The van der Waals surface area contributed by atoms with E-state index in [4.69, 9.17) is 0 Å². The summed E-state index contributed by atoms with van der Waals surface area (Å²) in [5, 5.41) is 8.43. The van der Waals surface area contributed by atoms with Crippen LogP contribution in [0, 0.1) is 0 Å². The summed E-state index contributed by atoms with van der Waals surface area (Å²) in [6.45, 7) is 4.37. The third-order valence-corrected chi connectivity index (χ3v) is 3.36. The molecule has 1 rings (SSSR count). The average molecular weight is 308 g/mol. The van der Waals surface area contributed by atoms with Crippen LogP contribution < -0.4 is 10.6 Å². The maximum Gasteiger partial charge on any atom is 0.390 e. The molecule has 0 saturated carbocycles. The Bertz CT molecular complexity index is 440. The Labute approximate surface area is 120 Å². The Morgan fingerprint density at radius 1 is 1.40 bits per heavy atom. The van der Waals surface area contributed by atoms with Gasteiger partial charge in [-0.05, 0) is 5.92 Å². The van der Waals surface area contributed by atoms with E-state index in [9.17, 15) is 13.2 Å². The highest BCUT2D eigenvalue weighted by Gasteiger charge is 2.26. The van der Waals surface area contributed by atoms with E-state index in [1.165, 1.54) is 18.4 Å². The normalized spacial score (nSPS) is 12.8. The van der Waals surface area contributed by atoms with E-state index in [-0.39, 0.29) is 6.54 Å². The van der Waals surface area contributed by atoms with Gasteiger partial charge in [-0.3, -0.25) is 4.99 Å². The second-order valence-corrected chi connectivity index (χ2v) is 5.48. The number of guanidine groups is 1. The van der Waals surface area contributed by atoms with Crippen molar-refractivity contribution >= 4 is 17.3 Å². The maximum absolute atomic E-state index is 12.0. The first-order valence-electron chi connectivity index (χ1n) is 6.27. The van der Waals surface area contributed by atoms with Crippen LogP contribution in [0.25, 0.3) is 0 Å². The van der Waals surface area contributed by atoms with Gasteiger partial charge in [-0.15, -0.1) is 11.3 Å². The van der Waals surface area contributed by atoms with Crippen molar-refractivity contribution in [2.24, 2.45) is 4.99 Å². The van der Waals surface area contributed by atoms with Gasteiger partial charge in [0.1, 0.15) is 5.01 Å². The third-order valence-electron chi connectivity index (χ3n) is 2.49.